The van der Waals surface area contributed by atoms with Crippen LogP contribution in [0.25, 0.3) is 0 Å². The fourth-order valence-corrected chi connectivity index (χ4v) is 7.29. The van der Waals surface area contributed by atoms with Crippen LogP contribution in [0.4, 0.5) is 18.9 Å². The number of nitrogens with zero attached hydrogens (tertiary/aromatic N) is 2. The molecule has 0 saturated carbocycles. The Bertz CT molecular complexity index is 885. The third-order valence-corrected chi connectivity index (χ3v) is 7.84. The second kappa shape index (κ2) is 8.55. The minimum absolute atomic E-state index is 0.0167. The van der Waals surface area contributed by atoms with Crippen molar-refractivity contribution in [2.24, 2.45) is 4.99 Å². The predicted molar refractivity (Wildman–Crippen MR) is 106 cm³/mol. The highest BCUT2D eigenvalue weighted by Crippen LogP contribution is 2.41. The fraction of sp³-hybridized carbons (Fsp3) is 0.556. The first-order chi connectivity index (χ1) is 13.6. The van der Waals surface area contributed by atoms with Gasteiger partial charge in [0.05, 0.1) is 17.5 Å². The van der Waals surface area contributed by atoms with Crippen molar-refractivity contribution in [1.82, 2.24) is 0 Å². The molecule has 0 radical (unpaired) electrons. The number of amides is 1. The van der Waals surface area contributed by atoms with E-state index in [2.05, 4.69) is 9.73 Å². The van der Waals surface area contributed by atoms with Crippen molar-refractivity contribution in [1.29, 1.82) is 0 Å². The molecule has 1 aromatic carbocycles. The van der Waals surface area contributed by atoms with Crippen LogP contribution < -0.4 is 9.64 Å². The lowest BCUT2D eigenvalue weighted by molar-refractivity contribution is -0.274. The van der Waals surface area contributed by atoms with Crippen LogP contribution >= 0.6 is 11.8 Å². The van der Waals surface area contributed by atoms with E-state index in [1.54, 1.807) is 4.90 Å². The number of aliphatic imine (C=N–C) groups is 1. The molecule has 2 aliphatic heterocycles. The molecule has 0 bridgehead atoms. The monoisotopic (exact) mass is 450 g/mol. The number of thioether (sulfide) groups is 1. The zero-order valence-corrected chi connectivity index (χ0v) is 17.3. The van der Waals surface area contributed by atoms with Gasteiger partial charge in [-0.25, -0.2) is 8.42 Å². The summed E-state index contributed by atoms with van der Waals surface area (Å²) in [5, 5.41) is 0.120. The topological polar surface area (TPSA) is 76.0 Å². The summed E-state index contributed by atoms with van der Waals surface area (Å²) in [7, 11) is -3.22. The van der Waals surface area contributed by atoms with Crippen LogP contribution in [0.2, 0.25) is 0 Å². The molecule has 2 saturated heterocycles. The molecule has 11 heteroatoms. The van der Waals surface area contributed by atoms with Crippen molar-refractivity contribution in [3.63, 3.8) is 0 Å². The Morgan fingerprint density at radius 2 is 1.93 bits per heavy atom. The normalized spacial score (nSPS) is 24.7. The summed E-state index contributed by atoms with van der Waals surface area (Å²) in [6, 6.07) is 4.72. The molecule has 160 valence electrons. The van der Waals surface area contributed by atoms with Crippen LogP contribution in [0.15, 0.2) is 29.3 Å². The van der Waals surface area contributed by atoms with E-state index in [0.717, 1.165) is 31.4 Å². The van der Waals surface area contributed by atoms with Crippen LogP contribution in [0.5, 0.6) is 5.75 Å². The van der Waals surface area contributed by atoms with Crippen LogP contribution in [-0.4, -0.2) is 48.7 Å². The van der Waals surface area contributed by atoms with E-state index < -0.39 is 22.2 Å². The summed E-state index contributed by atoms with van der Waals surface area (Å²) in [4.78, 5) is 18.0. The van der Waals surface area contributed by atoms with Gasteiger partial charge in [-0.2, -0.15) is 4.99 Å². The predicted octanol–water partition coefficient (Wildman–Crippen LogP) is 3.77. The van der Waals surface area contributed by atoms with Gasteiger partial charge >= 0.3 is 6.36 Å². The number of amidine groups is 1. The Kier molecular flexibility index (Phi) is 6.47. The van der Waals surface area contributed by atoms with Crippen LogP contribution in [-0.2, 0) is 14.6 Å². The van der Waals surface area contributed by atoms with Crippen LogP contribution in [0.3, 0.4) is 0 Å². The lowest BCUT2D eigenvalue weighted by atomic mass is 10.2. The highest BCUT2D eigenvalue weighted by Gasteiger charge is 2.49. The second-order valence-corrected chi connectivity index (χ2v) is 10.3. The molecule has 0 aliphatic carbocycles. The molecule has 2 fully saturated rings. The Morgan fingerprint density at radius 3 is 2.55 bits per heavy atom. The van der Waals surface area contributed by atoms with Crippen molar-refractivity contribution in [2.75, 3.05) is 16.4 Å². The molecular formula is C18H21F3N2O4S2. The van der Waals surface area contributed by atoms with Gasteiger partial charge in [-0.3, -0.25) is 4.79 Å². The minimum atomic E-state index is -4.80. The number of sulfone groups is 1. The lowest BCUT2D eigenvalue weighted by Gasteiger charge is -2.24. The summed E-state index contributed by atoms with van der Waals surface area (Å²) < 4.78 is 65.1. The Balaban J connectivity index is 1.85. The Hall–Kier alpha value is -1.75. The van der Waals surface area contributed by atoms with Crippen molar-refractivity contribution >= 4 is 38.4 Å². The maximum atomic E-state index is 12.4. The Labute approximate surface area is 171 Å². The largest absolute Gasteiger partial charge is 0.573 e. The fourth-order valence-electron chi connectivity index (χ4n) is 3.36. The SMILES string of the molecule is CCCCCC(=O)N=C1S[C@H]2CS(=O)(=O)C[C@H]2N1c1ccc(OC(F)(F)F)cc1. The minimum Gasteiger partial charge on any atom is -0.406 e. The molecule has 2 atom stereocenters. The number of rotatable bonds is 6. The van der Waals surface area contributed by atoms with Gasteiger partial charge in [0, 0.05) is 17.4 Å². The van der Waals surface area contributed by atoms with E-state index in [1.165, 1.54) is 23.9 Å². The van der Waals surface area contributed by atoms with Crippen molar-refractivity contribution < 1.29 is 31.1 Å². The first-order valence-electron chi connectivity index (χ1n) is 9.21. The molecular weight excluding hydrogens is 429 g/mol. The van der Waals surface area contributed by atoms with E-state index in [4.69, 9.17) is 0 Å². The first kappa shape index (κ1) is 21.9. The summed E-state index contributed by atoms with van der Waals surface area (Å²) in [6.07, 6.45) is -1.89. The third kappa shape index (κ3) is 5.65. The summed E-state index contributed by atoms with van der Waals surface area (Å²) >= 11 is 1.23. The highest BCUT2D eigenvalue weighted by molar-refractivity contribution is 8.16. The van der Waals surface area contributed by atoms with Gasteiger partial charge in [0.2, 0.25) is 5.91 Å². The molecule has 1 amide bonds. The second-order valence-electron chi connectivity index (χ2n) is 6.96. The van der Waals surface area contributed by atoms with Gasteiger partial charge in [-0.05, 0) is 30.7 Å². The molecule has 0 spiro atoms. The van der Waals surface area contributed by atoms with E-state index in [-0.39, 0.29) is 28.4 Å². The van der Waals surface area contributed by atoms with Crippen molar-refractivity contribution in [3.05, 3.63) is 24.3 Å². The summed E-state index contributed by atoms with van der Waals surface area (Å²) in [5.74, 6) is -0.769. The zero-order chi connectivity index (χ0) is 21.2. The Morgan fingerprint density at radius 1 is 1.24 bits per heavy atom. The van der Waals surface area contributed by atoms with E-state index in [9.17, 15) is 26.4 Å². The number of fused-ring (bicyclic) bond motifs is 1. The molecule has 29 heavy (non-hydrogen) atoms. The number of hydrogen-bond acceptors (Lipinski definition) is 5. The zero-order valence-electron chi connectivity index (χ0n) is 15.7. The van der Waals surface area contributed by atoms with Gasteiger partial charge in [0.1, 0.15) is 5.75 Å². The summed E-state index contributed by atoms with van der Waals surface area (Å²) in [6.45, 7) is 2.03. The number of benzene rings is 1. The number of unbranched alkanes of at least 4 members (excludes halogenated alkanes) is 2. The van der Waals surface area contributed by atoms with Gasteiger partial charge < -0.3 is 9.64 Å². The molecule has 0 unspecified atom stereocenters. The van der Waals surface area contributed by atoms with E-state index >= 15 is 0 Å². The number of carbonyl (C=O) groups excluding carboxylic acids is 1. The highest BCUT2D eigenvalue weighted by atomic mass is 32.2. The lowest BCUT2D eigenvalue weighted by Crippen LogP contribution is -2.37. The van der Waals surface area contributed by atoms with Crippen molar-refractivity contribution in [2.45, 2.75) is 50.3 Å². The van der Waals surface area contributed by atoms with E-state index in [0.29, 0.717) is 17.3 Å². The molecule has 2 aliphatic rings. The number of halogens is 3. The smallest absolute Gasteiger partial charge is 0.406 e. The van der Waals surface area contributed by atoms with Crippen molar-refractivity contribution in [3.8, 4) is 5.75 Å². The van der Waals surface area contributed by atoms with Crippen LogP contribution in [0.1, 0.15) is 32.6 Å². The average molecular weight is 451 g/mol. The molecule has 0 aromatic heterocycles. The van der Waals surface area contributed by atoms with E-state index in [1.807, 2.05) is 6.92 Å². The van der Waals surface area contributed by atoms with Gasteiger partial charge in [0.15, 0.2) is 15.0 Å². The third-order valence-electron chi connectivity index (χ3n) is 4.63. The number of hydrogen-bond donors (Lipinski definition) is 0. The van der Waals surface area contributed by atoms with Gasteiger partial charge in [0.25, 0.3) is 0 Å². The summed E-state index contributed by atoms with van der Waals surface area (Å²) in [5.41, 5.74) is 0.469. The quantitative estimate of drug-likeness (QED) is 0.615. The average Bonchev–Trinajstić information content (AvgIpc) is 3.05. The molecule has 0 N–H and O–H groups in total. The molecule has 2 heterocycles. The maximum absolute atomic E-state index is 12.4. The first-order valence-corrected chi connectivity index (χ1v) is 11.9. The standard InChI is InChI=1S/C18H21F3N2O4S2/c1-2-3-4-5-16(24)22-17-23(14-10-29(25,26)11-15(14)28-17)12-6-8-13(9-7-12)27-18(19,20)21/h6-9,14-15H,2-5,10-11H2,1H3/t14-,15+/m1/s1. The molecule has 1 aromatic rings. The number of ether oxygens (including phenoxy) is 1. The molecule has 6 nitrogen and oxygen atoms in total. The number of alkyl halides is 3. The van der Waals surface area contributed by atoms with Gasteiger partial charge in [-0.1, -0.05) is 31.5 Å². The number of anilines is 1. The van der Waals surface area contributed by atoms with Gasteiger partial charge in [-0.15, -0.1) is 13.2 Å². The maximum Gasteiger partial charge on any atom is 0.573 e. The number of carbonyl (C=O) groups is 1. The molecule has 3 rings (SSSR count). The van der Waals surface area contributed by atoms with Crippen LogP contribution in [0, 0.1) is 0 Å².